The monoisotopic (exact) mass is 354 g/mol. The van der Waals surface area contributed by atoms with Crippen molar-refractivity contribution in [3.05, 3.63) is 58.0 Å². The maximum atomic E-state index is 11.9. The first-order valence-electron chi connectivity index (χ1n) is 5.94. The van der Waals surface area contributed by atoms with Gasteiger partial charge in [-0.15, -0.1) is 0 Å². The average molecular weight is 356 g/mol. The van der Waals surface area contributed by atoms with Crippen LogP contribution in [0.2, 0.25) is 5.02 Å². The van der Waals surface area contributed by atoms with E-state index in [0.717, 1.165) is 4.47 Å². The summed E-state index contributed by atoms with van der Waals surface area (Å²) in [6, 6.07) is 14.0. The first-order valence-corrected chi connectivity index (χ1v) is 7.12. The minimum Gasteiger partial charge on any atom is -0.479 e. The van der Waals surface area contributed by atoms with E-state index < -0.39 is 12.1 Å². The van der Waals surface area contributed by atoms with E-state index in [0.29, 0.717) is 16.5 Å². The Balaban J connectivity index is 1.99. The van der Waals surface area contributed by atoms with Crippen LogP contribution in [0, 0.1) is 0 Å². The van der Waals surface area contributed by atoms with Crippen LogP contribution in [0.4, 0.5) is 0 Å². The zero-order chi connectivity index (χ0) is 14.5. The van der Waals surface area contributed by atoms with E-state index in [-0.39, 0.29) is 0 Å². The molecule has 0 fully saturated rings. The van der Waals surface area contributed by atoms with Crippen LogP contribution in [0.5, 0.6) is 11.5 Å². The number of halogens is 2. The second-order valence-electron chi connectivity index (χ2n) is 4.07. The van der Waals surface area contributed by atoms with Crippen molar-refractivity contribution in [3.63, 3.8) is 0 Å². The van der Waals surface area contributed by atoms with Crippen LogP contribution >= 0.6 is 27.5 Å². The van der Waals surface area contributed by atoms with Gasteiger partial charge in [0, 0.05) is 4.47 Å². The fraction of sp³-hybridized carbons (Fsp3) is 0.133. The second-order valence-corrected chi connectivity index (χ2v) is 5.39. The molecule has 2 aromatic carbocycles. The summed E-state index contributed by atoms with van der Waals surface area (Å²) in [4.78, 5) is 11.9. The van der Waals surface area contributed by atoms with Gasteiger partial charge in [-0.2, -0.15) is 0 Å². The topological polar surface area (TPSA) is 35.5 Å². The minimum absolute atomic E-state index is 0.324. The normalized spacial score (nSPS) is 11.8. The van der Waals surface area contributed by atoms with Crippen molar-refractivity contribution in [2.45, 2.75) is 13.0 Å². The maximum Gasteiger partial charge on any atom is 0.352 e. The smallest absolute Gasteiger partial charge is 0.352 e. The number of hydrogen-bond donors (Lipinski definition) is 0. The number of carbonyl (C=O) groups is 1. The molecule has 0 heterocycles. The molecule has 0 spiro atoms. The van der Waals surface area contributed by atoms with Gasteiger partial charge in [-0.3, -0.25) is 0 Å². The van der Waals surface area contributed by atoms with E-state index in [4.69, 9.17) is 21.1 Å². The highest BCUT2D eigenvalue weighted by atomic mass is 79.9. The summed E-state index contributed by atoms with van der Waals surface area (Å²) in [5.74, 6) is 0.420. The highest BCUT2D eigenvalue weighted by Crippen LogP contribution is 2.24. The number of hydrogen-bond acceptors (Lipinski definition) is 3. The predicted octanol–water partition coefficient (Wildman–Crippen LogP) is 4.48. The first kappa shape index (κ1) is 14.9. The number of para-hydroxylation sites is 1. The molecule has 3 nitrogen and oxygen atoms in total. The fourth-order valence-electron chi connectivity index (χ4n) is 1.48. The highest BCUT2D eigenvalue weighted by Gasteiger charge is 2.18. The summed E-state index contributed by atoms with van der Waals surface area (Å²) in [5, 5.41) is 0.386. The largest absolute Gasteiger partial charge is 0.479 e. The van der Waals surface area contributed by atoms with Crippen molar-refractivity contribution in [3.8, 4) is 11.5 Å². The summed E-state index contributed by atoms with van der Waals surface area (Å²) in [6.07, 6.45) is -0.729. The summed E-state index contributed by atoms with van der Waals surface area (Å²) in [5.41, 5.74) is 0. The standard InChI is InChI=1S/C15H12BrClO3/c1-10(19-12-8-6-11(16)7-9-12)15(18)20-14-5-3-2-4-13(14)17/h2-10H,1H3. The molecule has 0 N–H and O–H groups in total. The van der Waals surface area contributed by atoms with Crippen LogP contribution in [0.1, 0.15) is 6.92 Å². The molecule has 2 aromatic rings. The molecule has 0 aliphatic rings. The Morgan fingerprint density at radius 2 is 1.80 bits per heavy atom. The molecule has 1 atom stereocenters. The zero-order valence-corrected chi connectivity index (χ0v) is 13.0. The molecule has 5 heteroatoms. The van der Waals surface area contributed by atoms with Crippen molar-refractivity contribution in [1.29, 1.82) is 0 Å². The summed E-state index contributed by atoms with van der Waals surface area (Å²) in [6.45, 7) is 1.63. The maximum absolute atomic E-state index is 11.9. The lowest BCUT2D eigenvalue weighted by Gasteiger charge is -2.14. The lowest BCUT2D eigenvalue weighted by Crippen LogP contribution is -2.28. The zero-order valence-electron chi connectivity index (χ0n) is 10.7. The Bertz CT molecular complexity index is 598. The van der Waals surface area contributed by atoms with Gasteiger partial charge in [-0.25, -0.2) is 4.79 Å². The van der Waals surface area contributed by atoms with E-state index in [1.54, 1.807) is 43.3 Å². The first-order chi connectivity index (χ1) is 9.56. The van der Waals surface area contributed by atoms with Crippen LogP contribution in [0.3, 0.4) is 0 Å². The lowest BCUT2D eigenvalue weighted by molar-refractivity contribution is -0.141. The van der Waals surface area contributed by atoms with Gasteiger partial charge in [0.15, 0.2) is 6.10 Å². The molecule has 20 heavy (non-hydrogen) atoms. The molecule has 0 aromatic heterocycles. The number of esters is 1. The Morgan fingerprint density at radius 1 is 1.15 bits per heavy atom. The van der Waals surface area contributed by atoms with Gasteiger partial charge >= 0.3 is 5.97 Å². The Hall–Kier alpha value is -1.52. The van der Waals surface area contributed by atoms with Crippen molar-refractivity contribution >= 4 is 33.5 Å². The highest BCUT2D eigenvalue weighted by molar-refractivity contribution is 9.10. The van der Waals surface area contributed by atoms with Crippen molar-refractivity contribution in [1.82, 2.24) is 0 Å². The van der Waals surface area contributed by atoms with Crippen LogP contribution < -0.4 is 9.47 Å². The van der Waals surface area contributed by atoms with Crippen LogP contribution in [0.15, 0.2) is 53.0 Å². The van der Waals surface area contributed by atoms with Gasteiger partial charge in [0.25, 0.3) is 0 Å². The van der Waals surface area contributed by atoms with Gasteiger partial charge in [0.2, 0.25) is 0 Å². The molecule has 0 saturated carbocycles. The number of carbonyl (C=O) groups excluding carboxylic acids is 1. The predicted molar refractivity (Wildman–Crippen MR) is 81.3 cm³/mol. The third-order valence-corrected chi connectivity index (χ3v) is 3.35. The quantitative estimate of drug-likeness (QED) is 0.599. The van der Waals surface area contributed by atoms with Gasteiger partial charge in [-0.05, 0) is 43.3 Å². The molecule has 0 aliphatic heterocycles. The van der Waals surface area contributed by atoms with E-state index in [2.05, 4.69) is 15.9 Å². The van der Waals surface area contributed by atoms with Crippen LogP contribution in [0.25, 0.3) is 0 Å². The Kier molecular flexibility index (Phi) is 5.04. The SMILES string of the molecule is CC(Oc1ccc(Br)cc1)C(=O)Oc1ccccc1Cl. The lowest BCUT2D eigenvalue weighted by atomic mass is 10.3. The van der Waals surface area contributed by atoms with E-state index >= 15 is 0 Å². The fourth-order valence-corrected chi connectivity index (χ4v) is 1.92. The Labute approximate surface area is 130 Å². The molecule has 104 valence electrons. The molecular formula is C15H12BrClO3. The minimum atomic E-state index is -0.729. The summed E-state index contributed by atoms with van der Waals surface area (Å²) >= 11 is 9.26. The molecule has 0 amide bonds. The van der Waals surface area contributed by atoms with Crippen molar-refractivity contribution in [2.24, 2.45) is 0 Å². The van der Waals surface area contributed by atoms with Crippen LogP contribution in [-0.4, -0.2) is 12.1 Å². The second kappa shape index (κ2) is 6.77. The molecule has 0 saturated heterocycles. The van der Waals surface area contributed by atoms with Gasteiger partial charge in [0.05, 0.1) is 5.02 Å². The third kappa shape index (κ3) is 3.99. The molecule has 2 rings (SSSR count). The molecule has 0 aliphatic carbocycles. The molecular weight excluding hydrogens is 344 g/mol. The third-order valence-electron chi connectivity index (χ3n) is 2.51. The van der Waals surface area contributed by atoms with E-state index in [1.165, 1.54) is 0 Å². The number of ether oxygens (including phenoxy) is 2. The number of rotatable bonds is 4. The summed E-state index contributed by atoms with van der Waals surface area (Å²) in [7, 11) is 0. The summed E-state index contributed by atoms with van der Waals surface area (Å²) < 4.78 is 11.6. The van der Waals surface area contributed by atoms with Gasteiger partial charge < -0.3 is 9.47 Å². The molecule has 1 unspecified atom stereocenters. The van der Waals surface area contributed by atoms with Crippen LogP contribution in [-0.2, 0) is 4.79 Å². The number of benzene rings is 2. The van der Waals surface area contributed by atoms with Crippen molar-refractivity contribution < 1.29 is 14.3 Å². The molecule has 0 bridgehead atoms. The molecule has 0 radical (unpaired) electrons. The van der Waals surface area contributed by atoms with E-state index in [9.17, 15) is 4.79 Å². The average Bonchev–Trinajstić information content (AvgIpc) is 2.44. The van der Waals surface area contributed by atoms with Crippen molar-refractivity contribution in [2.75, 3.05) is 0 Å². The van der Waals surface area contributed by atoms with Gasteiger partial charge in [-0.1, -0.05) is 39.7 Å². The Morgan fingerprint density at radius 3 is 2.45 bits per heavy atom. The van der Waals surface area contributed by atoms with Gasteiger partial charge in [0.1, 0.15) is 11.5 Å². The van der Waals surface area contributed by atoms with E-state index in [1.807, 2.05) is 12.1 Å².